The summed E-state index contributed by atoms with van der Waals surface area (Å²) in [4.78, 5) is 24.9. The number of anilines is 1. The zero-order chi connectivity index (χ0) is 13.3. The van der Waals surface area contributed by atoms with E-state index in [2.05, 4.69) is 15.0 Å². The van der Waals surface area contributed by atoms with Gasteiger partial charge < -0.3 is 10.6 Å². The molecule has 1 aromatic rings. The number of nitrogens with zero attached hydrogens (tertiary/aromatic N) is 4. The van der Waals surface area contributed by atoms with Crippen LogP contribution in [0.5, 0.6) is 0 Å². The zero-order valence-corrected chi connectivity index (χ0v) is 11.3. The number of nitrogens with two attached hydrogens (primary N) is 1. The van der Waals surface area contributed by atoms with E-state index in [0.29, 0.717) is 12.5 Å². The fourth-order valence-electron chi connectivity index (χ4n) is 2.06. The highest BCUT2D eigenvalue weighted by molar-refractivity contribution is 6.31. The molecule has 1 aliphatic heterocycles. The van der Waals surface area contributed by atoms with Crippen LogP contribution in [0.25, 0.3) is 0 Å². The lowest BCUT2D eigenvalue weighted by atomic mass is 9.93. The Kier molecular flexibility index (Phi) is 3.87. The quantitative estimate of drug-likeness (QED) is 0.886. The first-order chi connectivity index (χ1) is 8.47. The molecule has 2 rings (SSSR count). The highest BCUT2D eigenvalue weighted by Crippen LogP contribution is 2.26. The van der Waals surface area contributed by atoms with E-state index in [1.807, 2.05) is 11.8 Å². The van der Waals surface area contributed by atoms with Gasteiger partial charge >= 0.3 is 0 Å². The van der Waals surface area contributed by atoms with Gasteiger partial charge in [0.15, 0.2) is 0 Å². The van der Waals surface area contributed by atoms with Crippen LogP contribution in [0.4, 0.5) is 5.95 Å². The molecule has 0 bridgehead atoms. The van der Waals surface area contributed by atoms with Crippen LogP contribution < -0.4 is 10.6 Å². The van der Waals surface area contributed by atoms with Gasteiger partial charge in [0.2, 0.25) is 22.4 Å². The Balaban J connectivity index is 2.26. The molecule has 2 heterocycles. The summed E-state index contributed by atoms with van der Waals surface area (Å²) in [5.74, 6) is -0.118. The summed E-state index contributed by atoms with van der Waals surface area (Å²) in [6.07, 6.45) is 1.62. The summed E-state index contributed by atoms with van der Waals surface area (Å²) in [5.41, 5.74) is 5.34. The molecule has 0 spiro atoms. The second-order valence-electron chi connectivity index (χ2n) is 4.35. The number of aromatic nitrogens is 3. The number of rotatable bonds is 2. The summed E-state index contributed by atoms with van der Waals surface area (Å²) in [7, 11) is 0. The Morgan fingerprint density at radius 1 is 1.28 bits per heavy atom. The Morgan fingerprint density at radius 2 is 1.89 bits per heavy atom. The van der Waals surface area contributed by atoms with Crippen molar-refractivity contribution < 1.29 is 4.79 Å². The summed E-state index contributed by atoms with van der Waals surface area (Å²) in [6.45, 7) is 2.51. The largest absolute Gasteiger partial charge is 0.369 e. The number of carbonyl (C=O) groups excluding carboxylic acids is 1. The average Bonchev–Trinajstić information content (AvgIpc) is 2.27. The SMILES string of the molecule is CC1CCC(C(N)=O)CN1c1nc(Cl)nc(Cl)n1. The molecule has 1 aliphatic rings. The molecule has 0 aromatic carbocycles. The molecule has 6 nitrogen and oxygen atoms in total. The van der Waals surface area contributed by atoms with Crippen LogP contribution in [-0.4, -0.2) is 33.4 Å². The zero-order valence-electron chi connectivity index (χ0n) is 9.81. The third-order valence-electron chi connectivity index (χ3n) is 3.11. The van der Waals surface area contributed by atoms with Crippen molar-refractivity contribution in [3.8, 4) is 0 Å². The number of carbonyl (C=O) groups is 1. The van der Waals surface area contributed by atoms with Gasteiger partial charge in [-0.25, -0.2) is 0 Å². The van der Waals surface area contributed by atoms with E-state index >= 15 is 0 Å². The van der Waals surface area contributed by atoms with Crippen LogP contribution in [0.15, 0.2) is 0 Å². The lowest BCUT2D eigenvalue weighted by molar-refractivity contribution is -0.122. The lowest BCUT2D eigenvalue weighted by Gasteiger charge is -2.36. The first-order valence-electron chi connectivity index (χ1n) is 5.60. The molecule has 1 amide bonds. The molecule has 2 unspecified atom stereocenters. The first-order valence-corrected chi connectivity index (χ1v) is 6.36. The fourth-order valence-corrected chi connectivity index (χ4v) is 2.42. The van der Waals surface area contributed by atoms with Crippen LogP contribution in [-0.2, 0) is 4.79 Å². The van der Waals surface area contributed by atoms with Crippen molar-refractivity contribution in [1.29, 1.82) is 0 Å². The molecular formula is C10H13Cl2N5O. The smallest absolute Gasteiger partial charge is 0.231 e. The first kappa shape index (κ1) is 13.3. The van der Waals surface area contributed by atoms with Gasteiger partial charge in [0, 0.05) is 12.6 Å². The van der Waals surface area contributed by atoms with Gasteiger partial charge in [-0.3, -0.25) is 4.79 Å². The Morgan fingerprint density at radius 3 is 2.44 bits per heavy atom. The van der Waals surface area contributed by atoms with E-state index in [0.717, 1.165) is 12.8 Å². The maximum atomic E-state index is 11.3. The highest BCUT2D eigenvalue weighted by atomic mass is 35.5. The molecule has 1 saturated heterocycles. The summed E-state index contributed by atoms with van der Waals surface area (Å²) >= 11 is 11.5. The van der Waals surface area contributed by atoms with Gasteiger partial charge in [0.25, 0.3) is 0 Å². The van der Waals surface area contributed by atoms with Gasteiger partial charge in [0.05, 0.1) is 5.92 Å². The van der Waals surface area contributed by atoms with E-state index in [1.165, 1.54) is 0 Å². The number of hydrogen-bond acceptors (Lipinski definition) is 5. The predicted molar refractivity (Wildman–Crippen MR) is 68.6 cm³/mol. The minimum absolute atomic E-state index is 0.0402. The molecule has 98 valence electrons. The molecule has 18 heavy (non-hydrogen) atoms. The average molecular weight is 290 g/mol. The Bertz CT molecular complexity index is 449. The fraction of sp³-hybridized carbons (Fsp3) is 0.600. The number of piperidine rings is 1. The molecule has 1 aromatic heterocycles. The van der Waals surface area contributed by atoms with E-state index in [1.54, 1.807) is 0 Å². The summed E-state index contributed by atoms with van der Waals surface area (Å²) in [5, 5.41) is 0.0804. The molecule has 1 fully saturated rings. The third-order valence-corrected chi connectivity index (χ3v) is 3.45. The van der Waals surface area contributed by atoms with Gasteiger partial charge in [-0.1, -0.05) is 0 Å². The third kappa shape index (κ3) is 2.81. The second-order valence-corrected chi connectivity index (χ2v) is 5.03. The topological polar surface area (TPSA) is 85.0 Å². The number of amides is 1. The van der Waals surface area contributed by atoms with Gasteiger partial charge in [-0.2, -0.15) is 15.0 Å². The van der Waals surface area contributed by atoms with E-state index < -0.39 is 0 Å². The standard InChI is InChI=1S/C10H13Cl2N5O/c1-5-2-3-6(7(13)18)4-17(5)10-15-8(11)14-9(12)16-10/h5-6H,2-4H2,1H3,(H2,13,18). The molecule has 0 saturated carbocycles. The normalized spacial score (nSPS) is 24.1. The van der Waals surface area contributed by atoms with Crippen LogP contribution >= 0.6 is 23.2 Å². The van der Waals surface area contributed by atoms with E-state index in [4.69, 9.17) is 28.9 Å². The summed E-state index contributed by atoms with van der Waals surface area (Å²) in [6, 6.07) is 0.204. The lowest BCUT2D eigenvalue weighted by Crippen LogP contribution is -2.46. The van der Waals surface area contributed by atoms with Crippen molar-refractivity contribution in [2.45, 2.75) is 25.8 Å². The van der Waals surface area contributed by atoms with Crippen LogP contribution in [0.1, 0.15) is 19.8 Å². The van der Waals surface area contributed by atoms with Gasteiger partial charge in [0.1, 0.15) is 0 Å². The minimum Gasteiger partial charge on any atom is -0.369 e. The molecular weight excluding hydrogens is 277 g/mol. The molecule has 2 N–H and O–H groups in total. The Hall–Kier alpha value is -1.14. The maximum Gasteiger partial charge on any atom is 0.231 e. The number of primary amides is 1. The molecule has 0 aliphatic carbocycles. The Labute approximate surface area is 115 Å². The van der Waals surface area contributed by atoms with Crippen LogP contribution in [0.3, 0.4) is 0 Å². The molecule has 2 atom stereocenters. The monoisotopic (exact) mass is 289 g/mol. The van der Waals surface area contributed by atoms with Crippen LogP contribution in [0, 0.1) is 5.92 Å². The number of hydrogen-bond donors (Lipinski definition) is 1. The van der Waals surface area contributed by atoms with Crippen molar-refractivity contribution in [3.05, 3.63) is 10.6 Å². The predicted octanol–water partition coefficient (Wildman–Crippen LogP) is 1.27. The van der Waals surface area contributed by atoms with Gasteiger partial charge in [-0.05, 0) is 43.0 Å². The van der Waals surface area contributed by atoms with Crippen molar-refractivity contribution in [2.24, 2.45) is 11.7 Å². The van der Waals surface area contributed by atoms with Crippen molar-refractivity contribution in [2.75, 3.05) is 11.4 Å². The van der Waals surface area contributed by atoms with Crippen molar-refractivity contribution in [1.82, 2.24) is 15.0 Å². The minimum atomic E-state index is -0.307. The molecule has 0 radical (unpaired) electrons. The van der Waals surface area contributed by atoms with E-state index in [9.17, 15) is 4.79 Å². The van der Waals surface area contributed by atoms with Gasteiger partial charge in [-0.15, -0.1) is 0 Å². The number of halogens is 2. The van der Waals surface area contributed by atoms with Crippen molar-refractivity contribution >= 4 is 35.1 Å². The maximum absolute atomic E-state index is 11.3. The van der Waals surface area contributed by atoms with Crippen LogP contribution in [0.2, 0.25) is 10.6 Å². The summed E-state index contributed by atoms with van der Waals surface area (Å²) < 4.78 is 0. The van der Waals surface area contributed by atoms with Crippen molar-refractivity contribution in [3.63, 3.8) is 0 Å². The molecule has 8 heteroatoms. The van der Waals surface area contributed by atoms with E-state index in [-0.39, 0.29) is 28.4 Å². The highest BCUT2D eigenvalue weighted by Gasteiger charge is 2.30. The second kappa shape index (κ2) is 5.24.